The van der Waals surface area contributed by atoms with Gasteiger partial charge in [0.2, 0.25) is 23.6 Å². The summed E-state index contributed by atoms with van der Waals surface area (Å²) in [5.41, 5.74) is 0. The molecule has 1 rings (SSSR count). The van der Waals surface area contributed by atoms with E-state index in [1.165, 1.54) is 9.80 Å². The molecule has 0 aromatic heterocycles. The SMILES string of the molecule is O=C(O)CCC(=O)NCCCCN1CC(=O)N(CCCCNC(=O)CCC(=O)O)CC1=O. The number of unbranched alkanes of at least 4 members (excludes halogenated alkanes) is 2. The Morgan fingerprint density at radius 1 is 0.656 bits per heavy atom. The summed E-state index contributed by atoms with van der Waals surface area (Å²) in [5, 5.41) is 22.3. The monoisotopic (exact) mass is 456 g/mol. The first-order valence-corrected chi connectivity index (χ1v) is 10.7. The van der Waals surface area contributed by atoms with Crippen LogP contribution in [-0.4, -0.2) is 94.8 Å². The van der Waals surface area contributed by atoms with Crippen molar-refractivity contribution in [1.29, 1.82) is 0 Å². The molecule has 1 fully saturated rings. The Bertz CT molecular complexity index is 639. The first-order chi connectivity index (χ1) is 15.2. The number of amides is 4. The number of piperazine rings is 1. The van der Waals surface area contributed by atoms with Crippen LogP contribution in [0.25, 0.3) is 0 Å². The molecule has 12 nitrogen and oxygen atoms in total. The van der Waals surface area contributed by atoms with Crippen LogP contribution in [0, 0.1) is 0 Å². The van der Waals surface area contributed by atoms with Crippen LogP contribution in [0.2, 0.25) is 0 Å². The molecule has 1 saturated heterocycles. The Balaban J connectivity index is 2.14. The third kappa shape index (κ3) is 11.9. The third-order valence-corrected chi connectivity index (χ3v) is 4.84. The molecule has 0 saturated carbocycles. The molecule has 1 aliphatic rings. The third-order valence-electron chi connectivity index (χ3n) is 4.84. The molecular weight excluding hydrogens is 424 g/mol. The van der Waals surface area contributed by atoms with Gasteiger partial charge in [-0.05, 0) is 25.7 Å². The normalized spacial score (nSPS) is 13.8. The van der Waals surface area contributed by atoms with Gasteiger partial charge in [-0.25, -0.2) is 0 Å². The number of rotatable bonds is 16. The minimum absolute atomic E-state index is 0.00965. The van der Waals surface area contributed by atoms with Gasteiger partial charge in [0.1, 0.15) is 0 Å². The highest BCUT2D eigenvalue weighted by Gasteiger charge is 2.28. The molecule has 0 aromatic carbocycles. The number of aliphatic carboxylic acids is 2. The van der Waals surface area contributed by atoms with Gasteiger partial charge in [-0.2, -0.15) is 0 Å². The fraction of sp³-hybridized carbons (Fsp3) is 0.700. The maximum absolute atomic E-state index is 12.3. The van der Waals surface area contributed by atoms with Crippen LogP contribution in [0.3, 0.4) is 0 Å². The van der Waals surface area contributed by atoms with Gasteiger partial charge >= 0.3 is 11.9 Å². The maximum Gasteiger partial charge on any atom is 0.303 e. The molecule has 0 atom stereocenters. The number of hydrogen-bond donors (Lipinski definition) is 4. The Kier molecular flexibility index (Phi) is 12.4. The zero-order valence-corrected chi connectivity index (χ0v) is 18.1. The minimum Gasteiger partial charge on any atom is -0.481 e. The van der Waals surface area contributed by atoms with Crippen LogP contribution >= 0.6 is 0 Å². The molecule has 12 heteroatoms. The standard InChI is InChI=1S/C20H32N4O8/c25-15(5-7-19(29)30)21-9-1-3-11-23-13-18(28)24(14-17(23)27)12-4-2-10-22-16(26)6-8-20(31)32/h1-14H2,(H,21,25)(H,22,26)(H,29,30)(H,31,32). The van der Waals surface area contributed by atoms with Crippen molar-refractivity contribution in [2.75, 3.05) is 39.3 Å². The number of carbonyl (C=O) groups is 6. The Labute approximate surface area is 186 Å². The second kappa shape index (κ2) is 14.8. The number of nitrogens with zero attached hydrogens (tertiary/aromatic N) is 2. The summed E-state index contributed by atoms with van der Waals surface area (Å²) in [6.07, 6.45) is 1.88. The van der Waals surface area contributed by atoms with E-state index in [-0.39, 0.29) is 62.4 Å². The minimum atomic E-state index is -1.03. The molecule has 0 bridgehead atoms. The summed E-state index contributed by atoms with van der Waals surface area (Å²) in [4.78, 5) is 71.2. The van der Waals surface area contributed by atoms with Crippen molar-refractivity contribution in [3.05, 3.63) is 0 Å². The molecule has 32 heavy (non-hydrogen) atoms. The van der Waals surface area contributed by atoms with E-state index in [2.05, 4.69) is 10.6 Å². The van der Waals surface area contributed by atoms with Crippen molar-refractivity contribution in [2.45, 2.75) is 51.4 Å². The van der Waals surface area contributed by atoms with Gasteiger partial charge in [0, 0.05) is 39.0 Å². The lowest BCUT2D eigenvalue weighted by atomic mass is 10.2. The van der Waals surface area contributed by atoms with Crippen molar-refractivity contribution in [3.8, 4) is 0 Å². The fourth-order valence-corrected chi connectivity index (χ4v) is 3.04. The maximum atomic E-state index is 12.3. The lowest BCUT2D eigenvalue weighted by Gasteiger charge is -2.34. The van der Waals surface area contributed by atoms with E-state index < -0.39 is 11.9 Å². The first kappa shape index (κ1) is 26.9. The van der Waals surface area contributed by atoms with Crippen molar-refractivity contribution < 1.29 is 39.0 Å². The number of nitrogens with one attached hydrogen (secondary N) is 2. The molecule has 1 aliphatic heterocycles. The average Bonchev–Trinajstić information content (AvgIpc) is 2.73. The molecule has 1 heterocycles. The van der Waals surface area contributed by atoms with E-state index in [0.29, 0.717) is 51.9 Å². The summed E-state index contributed by atoms with van der Waals surface area (Å²) in [6.45, 7) is 1.60. The summed E-state index contributed by atoms with van der Waals surface area (Å²) < 4.78 is 0. The number of carbonyl (C=O) groups excluding carboxylic acids is 4. The summed E-state index contributed by atoms with van der Waals surface area (Å²) in [5.74, 6) is -2.99. The zero-order valence-electron chi connectivity index (χ0n) is 18.1. The van der Waals surface area contributed by atoms with Crippen LogP contribution < -0.4 is 10.6 Å². The molecule has 0 unspecified atom stereocenters. The quantitative estimate of drug-likeness (QED) is 0.218. The molecular formula is C20H32N4O8. The molecule has 4 amide bonds. The van der Waals surface area contributed by atoms with Crippen molar-refractivity contribution in [3.63, 3.8) is 0 Å². The summed E-state index contributed by atoms with van der Waals surface area (Å²) in [6, 6.07) is 0. The molecule has 0 spiro atoms. The number of carboxylic acids is 2. The first-order valence-electron chi connectivity index (χ1n) is 10.7. The van der Waals surface area contributed by atoms with Gasteiger partial charge in [0.15, 0.2) is 0 Å². The van der Waals surface area contributed by atoms with Gasteiger partial charge in [0.25, 0.3) is 0 Å². The van der Waals surface area contributed by atoms with Gasteiger partial charge in [0.05, 0.1) is 25.9 Å². The lowest BCUT2D eigenvalue weighted by molar-refractivity contribution is -0.150. The topological polar surface area (TPSA) is 173 Å². The molecule has 0 radical (unpaired) electrons. The van der Waals surface area contributed by atoms with Crippen LogP contribution in [0.15, 0.2) is 0 Å². The predicted octanol–water partition coefficient (Wildman–Crippen LogP) is -0.820. The van der Waals surface area contributed by atoms with Gasteiger partial charge < -0.3 is 30.6 Å². The predicted molar refractivity (Wildman–Crippen MR) is 111 cm³/mol. The Morgan fingerprint density at radius 2 is 1.03 bits per heavy atom. The average molecular weight is 456 g/mol. The Hall–Kier alpha value is -3.18. The second-order valence-electron chi connectivity index (χ2n) is 7.53. The van der Waals surface area contributed by atoms with Crippen molar-refractivity contribution in [2.24, 2.45) is 0 Å². The van der Waals surface area contributed by atoms with Gasteiger partial charge in [-0.15, -0.1) is 0 Å². The highest BCUT2D eigenvalue weighted by Crippen LogP contribution is 2.08. The van der Waals surface area contributed by atoms with Crippen LogP contribution in [0.1, 0.15) is 51.4 Å². The van der Waals surface area contributed by atoms with E-state index in [0.717, 1.165) is 0 Å². The Morgan fingerprint density at radius 3 is 1.38 bits per heavy atom. The lowest BCUT2D eigenvalue weighted by Crippen LogP contribution is -2.54. The van der Waals surface area contributed by atoms with Crippen LogP contribution in [-0.2, 0) is 28.8 Å². The van der Waals surface area contributed by atoms with Gasteiger partial charge in [-0.3, -0.25) is 28.8 Å². The van der Waals surface area contributed by atoms with E-state index in [1.807, 2.05) is 0 Å². The summed E-state index contributed by atoms with van der Waals surface area (Å²) in [7, 11) is 0. The highest BCUT2D eigenvalue weighted by molar-refractivity contribution is 5.92. The summed E-state index contributed by atoms with van der Waals surface area (Å²) >= 11 is 0. The van der Waals surface area contributed by atoms with E-state index in [4.69, 9.17) is 10.2 Å². The molecule has 180 valence electrons. The van der Waals surface area contributed by atoms with Crippen molar-refractivity contribution >= 4 is 35.6 Å². The fourth-order valence-electron chi connectivity index (χ4n) is 3.04. The zero-order chi connectivity index (χ0) is 23.9. The molecule has 4 N–H and O–H groups in total. The van der Waals surface area contributed by atoms with E-state index in [1.54, 1.807) is 0 Å². The smallest absolute Gasteiger partial charge is 0.303 e. The van der Waals surface area contributed by atoms with E-state index >= 15 is 0 Å². The number of hydrogen-bond acceptors (Lipinski definition) is 6. The largest absolute Gasteiger partial charge is 0.481 e. The second-order valence-corrected chi connectivity index (χ2v) is 7.53. The van der Waals surface area contributed by atoms with Crippen LogP contribution in [0.5, 0.6) is 0 Å². The molecule has 0 aromatic rings. The van der Waals surface area contributed by atoms with E-state index in [9.17, 15) is 28.8 Å². The van der Waals surface area contributed by atoms with Crippen molar-refractivity contribution in [1.82, 2.24) is 20.4 Å². The molecule has 0 aliphatic carbocycles. The van der Waals surface area contributed by atoms with Gasteiger partial charge in [-0.1, -0.05) is 0 Å². The highest BCUT2D eigenvalue weighted by atomic mass is 16.4. The van der Waals surface area contributed by atoms with Crippen LogP contribution in [0.4, 0.5) is 0 Å². The number of carboxylic acid groups (broad SMARTS) is 2.